The lowest BCUT2D eigenvalue weighted by Gasteiger charge is -2.31. The van der Waals surface area contributed by atoms with Crippen molar-refractivity contribution in [3.63, 3.8) is 0 Å². The second kappa shape index (κ2) is 6.80. The van der Waals surface area contributed by atoms with Crippen LogP contribution in [0, 0.1) is 5.92 Å². The largest absolute Gasteiger partial charge is 0.330 e. The van der Waals surface area contributed by atoms with E-state index in [1.807, 2.05) is 40.6 Å². The Hall–Kier alpha value is -2.47. The smallest absolute Gasteiger partial charge is 0.258 e. The van der Waals surface area contributed by atoms with Gasteiger partial charge in [0.2, 0.25) is 5.91 Å². The lowest BCUT2D eigenvalue weighted by molar-refractivity contribution is -0.139. The highest BCUT2D eigenvalue weighted by Crippen LogP contribution is 2.29. The summed E-state index contributed by atoms with van der Waals surface area (Å²) in [6.45, 7) is 0.886. The molecule has 6 heteroatoms. The fraction of sp³-hybridized carbons (Fsp3) is 0.316. The van der Waals surface area contributed by atoms with Crippen molar-refractivity contribution >= 4 is 28.1 Å². The Balaban J connectivity index is 1.63. The summed E-state index contributed by atoms with van der Waals surface area (Å²) < 4.78 is 0. The van der Waals surface area contributed by atoms with E-state index in [9.17, 15) is 9.59 Å². The molecule has 1 aliphatic carbocycles. The van der Waals surface area contributed by atoms with Crippen molar-refractivity contribution in [2.45, 2.75) is 32.4 Å². The number of carbonyl (C=O) groups excluding carboxylic acids is 1. The highest BCUT2D eigenvalue weighted by atomic mass is 32.1. The van der Waals surface area contributed by atoms with Crippen LogP contribution in [0.25, 0.3) is 10.9 Å². The number of hydrogen-bond donors (Lipinski definition) is 1. The predicted molar refractivity (Wildman–Crippen MR) is 98.3 cm³/mol. The maximum atomic E-state index is 12.8. The molecule has 0 aliphatic heterocycles. The first-order valence-corrected chi connectivity index (χ1v) is 9.38. The molecule has 1 amide bonds. The molecule has 1 aromatic carbocycles. The number of H-pyrrole nitrogens is 1. The van der Waals surface area contributed by atoms with Crippen molar-refractivity contribution in [2.24, 2.45) is 5.92 Å². The van der Waals surface area contributed by atoms with Gasteiger partial charge in [0.1, 0.15) is 5.82 Å². The number of aromatic nitrogens is 2. The van der Waals surface area contributed by atoms with Crippen LogP contribution in [-0.4, -0.2) is 20.8 Å². The molecule has 0 spiro atoms. The van der Waals surface area contributed by atoms with Crippen LogP contribution in [0.15, 0.2) is 46.6 Å². The molecular weight excluding hydrogens is 334 g/mol. The summed E-state index contributed by atoms with van der Waals surface area (Å²) in [5.74, 6) is 0.815. The van der Waals surface area contributed by atoms with Gasteiger partial charge in [-0.2, -0.15) is 0 Å². The number of nitrogens with one attached hydrogen (secondary N) is 1. The number of fused-ring (bicyclic) bond motifs is 1. The first kappa shape index (κ1) is 16.0. The fourth-order valence-electron chi connectivity index (χ4n) is 3.11. The van der Waals surface area contributed by atoms with Crippen LogP contribution < -0.4 is 5.56 Å². The van der Waals surface area contributed by atoms with Gasteiger partial charge >= 0.3 is 0 Å². The SMILES string of the molecule is O=C(C1CCC1)N(Cc1nc2ccccc2c(=O)[nH]1)Cc1cccs1. The molecule has 1 fully saturated rings. The molecule has 2 aromatic heterocycles. The summed E-state index contributed by atoms with van der Waals surface area (Å²) in [5.41, 5.74) is 0.501. The van der Waals surface area contributed by atoms with Crippen LogP contribution in [0.4, 0.5) is 0 Å². The van der Waals surface area contributed by atoms with Crippen LogP contribution in [-0.2, 0) is 17.9 Å². The first-order valence-electron chi connectivity index (χ1n) is 8.50. The zero-order chi connectivity index (χ0) is 17.2. The molecule has 1 N–H and O–H groups in total. The van der Waals surface area contributed by atoms with Crippen LogP contribution in [0.5, 0.6) is 0 Å². The van der Waals surface area contributed by atoms with E-state index in [-0.39, 0.29) is 17.4 Å². The van der Waals surface area contributed by atoms with E-state index >= 15 is 0 Å². The second-order valence-corrected chi connectivity index (χ2v) is 7.46. The van der Waals surface area contributed by atoms with Crippen molar-refractivity contribution < 1.29 is 4.79 Å². The minimum Gasteiger partial charge on any atom is -0.330 e. The number of hydrogen-bond acceptors (Lipinski definition) is 4. The highest BCUT2D eigenvalue weighted by Gasteiger charge is 2.30. The Morgan fingerprint density at radius 1 is 1.20 bits per heavy atom. The van der Waals surface area contributed by atoms with Crippen LogP contribution in [0.3, 0.4) is 0 Å². The molecule has 4 rings (SSSR count). The molecule has 5 nitrogen and oxygen atoms in total. The van der Waals surface area contributed by atoms with Crippen LogP contribution in [0.2, 0.25) is 0 Å². The predicted octanol–water partition coefficient (Wildman–Crippen LogP) is 3.31. The fourth-order valence-corrected chi connectivity index (χ4v) is 3.83. The van der Waals surface area contributed by atoms with Crippen LogP contribution >= 0.6 is 11.3 Å². The summed E-state index contributed by atoms with van der Waals surface area (Å²) in [4.78, 5) is 35.4. The lowest BCUT2D eigenvalue weighted by Crippen LogP contribution is -2.38. The summed E-state index contributed by atoms with van der Waals surface area (Å²) in [6.07, 6.45) is 3.04. The van der Waals surface area contributed by atoms with Gasteiger partial charge in [0.25, 0.3) is 5.56 Å². The van der Waals surface area contributed by atoms with Gasteiger partial charge in [-0.25, -0.2) is 4.98 Å². The van der Waals surface area contributed by atoms with E-state index in [2.05, 4.69) is 9.97 Å². The number of rotatable bonds is 5. The lowest BCUT2D eigenvalue weighted by atomic mass is 9.84. The first-order chi connectivity index (χ1) is 12.2. The standard InChI is InChI=1S/C19H19N3O2S/c23-18-15-8-1-2-9-16(15)20-17(21-18)12-22(11-14-7-4-10-25-14)19(24)13-5-3-6-13/h1-2,4,7-10,13H,3,5-6,11-12H2,(H,20,21,23). The number of nitrogens with zero attached hydrogens (tertiary/aromatic N) is 2. The van der Waals surface area contributed by atoms with Crippen molar-refractivity contribution in [1.82, 2.24) is 14.9 Å². The molecule has 0 saturated heterocycles. The average Bonchev–Trinajstić information content (AvgIpc) is 3.06. The second-order valence-electron chi connectivity index (χ2n) is 6.43. The molecule has 3 aromatic rings. The highest BCUT2D eigenvalue weighted by molar-refractivity contribution is 7.09. The van der Waals surface area contributed by atoms with E-state index in [4.69, 9.17) is 0 Å². The number of thiophene rings is 1. The zero-order valence-corrected chi connectivity index (χ0v) is 14.6. The number of amides is 1. The Morgan fingerprint density at radius 3 is 2.76 bits per heavy atom. The summed E-state index contributed by atoms with van der Waals surface area (Å²) in [5, 5.41) is 2.58. The third-order valence-electron chi connectivity index (χ3n) is 4.70. The summed E-state index contributed by atoms with van der Waals surface area (Å²) >= 11 is 1.64. The monoisotopic (exact) mass is 353 g/mol. The molecule has 0 unspecified atom stereocenters. The minimum atomic E-state index is -0.159. The van der Waals surface area contributed by atoms with Crippen molar-refractivity contribution in [1.29, 1.82) is 0 Å². The number of para-hydroxylation sites is 1. The van der Waals surface area contributed by atoms with Gasteiger partial charge in [-0.1, -0.05) is 24.6 Å². The van der Waals surface area contributed by atoms with Crippen LogP contribution in [0.1, 0.15) is 30.0 Å². The van der Waals surface area contributed by atoms with E-state index in [0.717, 1.165) is 24.1 Å². The van der Waals surface area contributed by atoms with Gasteiger partial charge < -0.3 is 9.88 Å². The molecule has 0 atom stereocenters. The van der Waals surface area contributed by atoms with E-state index in [1.54, 1.807) is 17.4 Å². The topological polar surface area (TPSA) is 66.1 Å². The zero-order valence-electron chi connectivity index (χ0n) is 13.8. The summed E-state index contributed by atoms with van der Waals surface area (Å²) in [7, 11) is 0. The van der Waals surface area contributed by atoms with E-state index in [1.165, 1.54) is 0 Å². The van der Waals surface area contributed by atoms with Gasteiger partial charge in [0.15, 0.2) is 0 Å². The number of aromatic amines is 1. The molecule has 25 heavy (non-hydrogen) atoms. The third-order valence-corrected chi connectivity index (χ3v) is 5.56. The number of benzene rings is 1. The minimum absolute atomic E-state index is 0.118. The third kappa shape index (κ3) is 3.35. The van der Waals surface area contributed by atoms with E-state index in [0.29, 0.717) is 29.8 Å². The molecule has 2 heterocycles. The molecule has 0 radical (unpaired) electrons. The Labute approximate surface area is 149 Å². The quantitative estimate of drug-likeness (QED) is 0.765. The van der Waals surface area contributed by atoms with Gasteiger partial charge in [0.05, 0.1) is 24.0 Å². The maximum absolute atomic E-state index is 12.8. The van der Waals surface area contributed by atoms with Crippen molar-refractivity contribution in [3.05, 3.63) is 62.8 Å². The van der Waals surface area contributed by atoms with Gasteiger partial charge in [-0.15, -0.1) is 11.3 Å². The Bertz CT molecular complexity index is 945. The Kier molecular flexibility index (Phi) is 4.36. The number of carbonyl (C=O) groups is 1. The molecular formula is C19H19N3O2S. The van der Waals surface area contributed by atoms with Gasteiger partial charge in [-0.05, 0) is 36.4 Å². The molecule has 0 bridgehead atoms. The normalized spacial score (nSPS) is 14.4. The van der Waals surface area contributed by atoms with E-state index < -0.39 is 0 Å². The van der Waals surface area contributed by atoms with Gasteiger partial charge in [-0.3, -0.25) is 9.59 Å². The average molecular weight is 353 g/mol. The molecule has 1 saturated carbocycles. The van der Waals surface area contributed by atoms with Gasteiger partial charge in [0, 0.05) is 10.8 Å². The summed E-state index contributed by atoms with van der Waals surface area (Å²) in [6, 6.07) is 11.3. The Morgan fingerprint density at radius 2 is 2.04 bits per heavy atom. The molecule has 128 valence electrons. The maximum Gasteiger partial charge on any atom is 0.258 e. The molecule has 1 aliphatic rings. The van der Waals surface area contributed by atoms with Crippen molar-refractivity contribution in [3.8, 4) is 0 Å². The van der Waals surface area contributed by atoms with Crippen molar-refractivity contribution in [2.75, 3.05) is 0 Å².